The molecule has 0 bridgehead atoms. The van der Waals surface area contributed by atoms with Crippen molar-refractivity contribution < 1.29 is 0 Å². The molecule has 76 valence electrons. The van der Waals surface area contributed by atoms with Gasteiger partial charge >= 0.3 is 0 Å². The third-order valence-electron chi connectivity index (χ3n) is 2.11. The lowest BCUT2D eigenvalue weighted by molar-refractivity contribution is 0.548. The lowest BCUT2D eigenvalue weighted by atomic mass is 10.0. The van der Waals surface area contributed by atoms with Crippen molar-refractivity contribution in [1.82, 2.24) is 10.3 Å². The molecule has 0 aromatic carbocycles. The predicted octanol–water partition coefficient (Wildman–Crippen LogP) is 2.70. The van der Waals surface area contributed by atoms with Crippen LogP contribution in [0.25, 0.3) is 0 Å². The zero-order valence-electron chi connectivity index (χ0n) is 8.96. The SMILES string of the molecule is C=C(C)CC(NCC)c1ccncc1. The van der Waals surface area contributed by atoms with Crippen molar-refractivity contribution >= 4 is 0 Å². The largest absolute Gasteiger partial charge is 0.310 e. The van der Waals surface area contributed by atoms with E-state index < -0.39 is 0 Å². The van der Waals surface area contributed by atoms with Crippen molar-refractivity contribution in [3.8, 4) is 0 Å². The quantitative estimate of drug-likeness (QED) is 0.722. The Bertz CT molecular complexity index is 280. The molecule has 2 heteroatoms. The van der Waals surface area contributed by atoms with Crippen LogP contribution in [0.3, 0.4) is 0 Å². The minimum atomic E-state index is 0.375. The number of hydrogen-bond donors (Lipinski definition) is 1. The van der Waals surface area contributed by atoms with Crippen LogP contribution in [-0.4, -0.2) is 11.5 Å². The Hall–Kier alpha value is -1.15. The van der Waals surface area contributed by atoms with Gasteiger partial charge in [0.1, 0.15) is 0 Å². The minimum Gasteiger partial charge on any atom is -0.310 e. The molecule has 0 aliphatic rings. The molecule has 1 N–H and O–H groups in total. The molecule has 0 radical (unpaired) electrons. The molecule has 0 amide bonds. The molecule has 1 aromatic heterocycles. The fraction of sp³-hybridized carbons (Fsp3) is 0.417. The van der Waals surface area contributed by atoms with Crippen LogP contribution in [0.4, 0.5) is 0 Å². The van der Waals surface area contributed by atoms with Gasteiger partial charge in [-0.1, -0.05) is 12.5 Å². The predicted molar refractivity (Wildman–Crippen MR) is 60.1 cm³/mol. The maximum Gasteiger partial charge on any atom is 0.0358 e. The second-order valence-corrected chi connectivity index (χ2v) is 3.55. The molecule has 0 aliphatic carbocycles. The summed E-state index contributed by atoms with van der Waals surface area (Å²) in [6.07, 6.45) is 4.65. The van der Waals surface area contributed by atoms with E-state index in [2.05, 4.69) is 42.9 Å². The molecule has 1 aromatic rings. The normalized spacial score (nSPS) is 12.4. The Morgan fingerprint density at radius 3 is 2.64 bits per heavy atom. The second-order valence-electron chi connectivity index (χ2n) is 3.55. The van der Waals surface area contributed by atoms with Crippen molar-refractivity contribution in [2.45, 2.75) is 26.3 Å². The third-order valence-corrected chi connectivity index (χ3v) is 2.11. The molecule has 1 atom stereocenters. The molecule has 0 saturated carbocycles. The van der Waals surface area contributed by atoms with E-state index in [1.54, 1.807) is 0 Å². The standard InChI is InChI=1S/C12H18N2/c1-4-14-12(9-10(2)3)11-5-7-13-8-6-11/h5-8,12,14H,2,4,9H2,1,3H3. The summed E-state index contributed by atoms with van der Waals surface area (Å²) in [5.41, 5.74) is 2.48. The van der Waals surface area contributed by atoms with Crippen LogP contribution in [0, 0.1) is 0 Å². The lowest BCUT2D eigenvalue weighted by Crippen LogP contribution is -2.21. The minimum absolute atomic E-state index is 0.375. The molecule has 0 fully saturated rings. The zero-order valence-corrected chi connectivity index (χ0v) is 8.96. The van der Waals surface area contributed by atoms with E-state index in [4.69, 9.17) is 0 Å². The summed E-state index contributed by atoms with van der Waals surface area (Å²) in [6, 6.07) is 4.48. The summed E-state index contributed by atoms with van der Waals surface area (Å²) in [4.78, 5) is 4.02. The summed E-state index contributed by atoms with van der Waals surface area (Å²) in [5, 5.41) is 3.44. The summed E-state index contributed by atoms with van der Waals surface area (Å²) >= 11 is 0. The van der Waals surface area contributed by atoms with Crippen LogP contribution in [-0.2, 0) is 0 Å². The van der Waals surface area contributed by atoms with Gasteiger partial charge in [-0.3, -0.25) is 4.98 Å². The monoisotopic (exact) mass is 190 g/mol. The average Bonchev–Trinajstić information content (AvgIpc) is 2.18. The summed E-state index contributed by atoms with van der Waals surface area (Å²) in [6.45, 7) is 9.10. The van der Waals surface area contributed by atoms with E-state index in [1.807, 2.05) is 12.4 Å². The summed E-state index contributed by atoms with van der Waals surface area (Å²) < 4.78 is 0. The number of hydrogen-bond acceptors (Lipinski definition) is 2. The van der Waals surface area contributed by atoms with Crippen molar-refractivity contribution in [1.29, 1.82) is 0 Å². The van der Waals surface area contributed by atoms with Crippen molar-refractivity contribution in [3.63, 3.8) is 0 Å². The van der Waals surface area contributed by atoms with E-state index in [0.717, 1.165) is 13.0 Å². The lowest BCUT2D eigenvalue weighted by Gasteiger charge is -2.17. The van der Waals surface area contributed by atoms with Gasteiger partial charge in [0.15, 0.2) is 0 Å². The topological polar surface area (TPSA) is 24.9 Å². The van der Waals surface area contributed by atoms with Crippen LogP contribution in [0.2, 0.25) is 0 Å². The third kappa shape index (κ3) is 3.30. The molecule has 14 heavy (non-hydrogen) atoms. The Morgan fingerprint density at radius 1 is 1.50 bits per heavy atom. The number of nitrogens with one attached hydrogen (secondary N) is 1. The van der Waals surface area contributed by atoms with Gasteiger partial charge in [0, 0.05) is 18.4 Å². The van der Waals surface area contributed by atoms with Crippen LogP contribution >= 0.6 is 0 Å². The Labute approximate surface area is 86.1 Å². The van der Waals surface area contributed by atoms with E-state index in [9.17, 15) is 0 Å². The van der Waals surface area contributed by atoms with Gasteiger partial charge in [-0.15, -0.1) is 6.58 Å². The Morgan fingerprint density at radius 2 is 2.14 bits per heavy atom. The van der Waals surface area contributed by atoms with Crippen LogP contribution in [0.15, 0.2) is 36.7 Å². The number of pyridine rings is 1. The fourth-order valence-corrected chi connectivity index (χ4v) is 1.50. The molecule has 2 nitrogen and oxygen atoms in total. The van der Waals surface area contributed by atoms with Gasteiger partial charge in [-0.25, -0.2) is 0 Å². The summed E-state index contributed by atoms with van der Waals surface area (Å²) in [7, 11) is 0. The first-order valence-electron chi connectivity index (χ1n) is 5.01. The van der Waals surface area contributed by atoms with Crippen molar-refractivity contribution in [3.05, 3.63) is 42.2 Å². The van der Waals surface area contributed by atoms with Gasteiger partial charge in [0.2, 0.25) is 0 Å². The Kier molecular flexibility index (Phi) is 4.33. The highest BCUT2D eigenvalue weighted by Crippen LogP contribution is 2.18. The van der Waals surface area contributed by atoms with E-state index >= 15 is 0 Å². The van der Waals surface area contributed by atoms with Crippen molar-refractivity contribution in [2.75, 3.05) is 6.54 Å². The molecule has 1 heterocycles. The van der Waals surface area contributed by atoms with Crippen molar-refractivity contribution in [2.24, 2.45) is 0 Å². The maximum absolute atomic E-state index is 4.02. The average molecular weight is 190 g/mol. The number of nitrogens with zero attached hydrogens (tertiary/aromatic N) is 1. The van der Waals surface area contributed by atoms with Crippen LogP contribution in [0.1, 0.15) is 31.9 Å². The van der Waals surface area contributed by atoms with E-state index in [0.29, 0.717) is 6.04 Å². The molecular weight excluding hydrogens is 172 g/mol. The molecule has 0 saturated heterocycles. The first-order chi connectivity index (χ1) is 6.74. The zero-order chi connectivity index (χ0) is 10.4. The first kappa shape index (κ1) is 10.9. The highest BCUT2D eigenvalue weighted by Gasteiger charge is 2.09. The first-order valence-corrected chi connectivity index (χ1v) is 5.01. The van der Waals surface area contributed by atoms with Gasteiger partial charge < -0.3 is 5.32 Å². The molecular formula is C12H18N2. The molecule has 0 spiro atoms. The van der Waals surface area contributed by atoms with Gasteiger partial charge in [-0.05, 0) is 37.6 Å². The fourth-order valence-electron chi connectivity index (χ4n) is 1.50. The smallest absolute Gasteiger partial charge is 0.0358 e. The van der Waals surface area contributed by atoms with E-state index in [1.165, 1.54) is 11.1 Å². The van der Waals surface area contributed by atoms with E-state index in [-0.39, 0.29) is 0 Å². The second kappa shape index (κ2) is 5.55. The van der Waals surface area contributed by atoms with Gasteiger partial charge in [0.05, 0.1) is 0 Å². The molecule has 1 rings (SSSR count). The highest BCUT2D eigenvalue weighted by molar-refractivity contribution is 5.17. The van der Waals surface area contributed by atoms with Gasteiger partial charge in [-0.2, -0.15) is 0 Å². The number of rotatable bonds is 5. The van der Waals surface area contributed by atoms with Crippen LogP contribution < -0.4 is 5.32 Å². The maximum atomic E-state index is 4.02. The summed E-state index contributed by atoms with van der Waals surface area (Å²) in [5.74, 6) is 0. The Balaban J connectivity index is 2.72. The van der Waals surface area contributed by atoms with Gasteiger partial charge in [0.25, 0.3) is 0 Å². The molecule has 1 unspecified atom stereocenters. The van der Waals surface area contributed by atoms with Crippen LogP contribution in [0.5, 0.6) is 0 Å². The number of aromatic nitrogens is 1. The highest BCUT2D eigenvalue weighted by atomic mass is 14.9. The molecule has 0 aliphatic heterocycles.